The zero-order valence-electron chi connectivity index (χ0n) is 3.77. The highest BCUT2D eigenvalue weighted by atomic mass is 127. The second-order valence-electron chi connectivity index (χ2n) is 0.959. The fourth-order valence-electron chi connectivity index (χ4n) is 0.181. The molecule has 40 valence electrons. The van der Waals surface area contributed by atoms with Gasteiger partial charge in [-0.25, -0.2) is 0 Å². The molecule has 0 spiro atoms. The van der Waals surface area contributed by atoms with Crippen molar-refractivity contribution in [3.05, 3.63) is 20.3 Å². The molecule has 0 saturated carbocycles. The van der Waals surface area contributed by atoms with Gasteiger partial charge in [-0.1, -0.05) is 57.3 Å². The molecule has 0 aromatic rings. The molecule has 0 nitrogen and oxygen atoms in total. The van der Waals surface area contributed by atoms with Crippen LogP contribution in [0.1, 0.15) is 6.42 Å². The number of hydrogen-bond donors (Lipinski definition) is 0. The van der Waals surface area contributed by atoms with Gasteiger partial charge in [0.2, 0.25) is 0 Å². The lowest BCUT2D eigenvalue weighted by Crippen LogP contribution is -1.48. The van der Waals surface area contributed by atoms with E-state index in [9.17, 15) is 0 Å². The highest BCUT2D eigenvalue weighted by molar-refractivity contribution is 14.1. The number of halogens is 2. The molecule has 0 atom stereocenters. The maximum Gasteiger partial charge on any atom is -0.0154 e. The SMILES string of the molecule is I/C=C\C/C=C\I. The van der Waals surface area contributed by atoms with Crippen LogP contribution in [0.15, 0.2) is 20.3 Å². The molecule has 0 heterocycles. The van der Waals surface area contributed by atoms with Gasteiger partial charge in [-0.05, 0) is 14.6 Å². The third-order valence-corrected chi connectivity index (χ3v) is 1.47. The lowest BCUT2D eigenvalue weighted by Gasteiger charge is -1.71. The van der Waals surface area contributed by atoms with E-state index >= 15 is 0 Å². The molecule has 2 heteroatoms. The first-order chi connectivity index (χ1) is 3.41. The van der Waals surface area contributed by atoms with Crippen LogP contribution in [0.5, 0.6) is 0 Å². The average Bonchev–Trinajstić information content (AvgIpc) is 1.69. The standard InChI is InChI=1S/C5H6I2/c6-4-2-1-3-5-7/h2-5H,1H2/b4-2-,5-3-. The van der Waals surface area contributed by atoms with E-state index in [1.165, 1.54) is 0 Å². The van der Waals surface area contributed by atoms with E-state index in [2.05, 4.69) is 57.3 Å². The molecule has 0 unspecified atom stereocenters. The smallest absolute Gasteiger partial charge is 0.0154 e. The van der Waals surface area contributed by atoms with Gasteiger partial charge in [0.15, 0.2) is 0 Å². The molecule has 0 rings (SSSR count). The third kappa shape index (κ3) is 6.94. The highest BCUT2D eigenvalue weighted by Crippen LogP contribution is 1.92. The van der Waals surface area contributed by atoms with Crippen LogP contribution >= 0.6 is 45.2 Å². The van der Waals surface area contributed by atoms with Gasteiger partial charge >= 0.3 is 0 Å². The molecule has 0 amide bonds. The molecule has 0 bridgehead atoms. The van der Waals surface area contributed by atoms with E-state index in [0.717, 1.165) is 6.42 Å². The van der Waals surface area contributed by atoms with Gasteiger partial charge in [-0.15, -0.1) is 0 Å². The molecular formula is C5H6I2. The Labute approximate surface area is 71.3 Å². The summed E-state index contributed by atoms with van der Waals surface area (Å²) < 4.78 is 4.04. The van der Waals surface area contributed by atoms with Crippen molar-refractivity contribution in [3.8, 4) is 0 Å². The maximum absolute atomic E-state index is 2.21. The summed E-state index contributed by atoms with van der Waals surface area (Å²) in [4.78, 5) is 0. The molecule has 0 aliphatic heterocycles. The Morgan fingerprint density at radius 1 is 1.00 bits per heavy atom. The second-order valence-corrected chi connectivity index (χ2v) is 2.40. The predicted molar refractivity (Wildman–Crippen MR) is 50.9 cm³/mol. The molecule has 0 aromatic heterocycles. The van der Waals surface area contributed by atoms with Gasteiger partial charge in [-0.2, -0.15) is 0 Å². The molecule has 0 aliphatic carbocycles. The van der Waals surface area contributed by atoms with Gasteiger partial charge in [0.25, 0.3) is 0 Å². The van der Waals surface area contributed by atoms with Crippen LogP contribution in [0.3, 0.4) is 0 Å². The largest absolute Gasteiger partial charge is 0.0746 e. The van der Waals surface area contributed by atoms with Crippen molar-refractivity contribution in [3.63, 3.8) is 0 Å². The van der Waals surface area contributed by atoms with E-state index in [1.807, 2.05) is 8.17 Å². The zero-order chi connectivity index (χ0) is 5.54. The molecule has 0 N–H and O–H groups in total. The van der Waals surface area contributed by atoms with Crippen LogP contribution in [-0.4, -0.2) is 0 Å². The van der Waals surface area contributed by atoms with Crippen LogP contribution < -0.4 is 0 Å². The second kappa shape index (κ2) is 6.94. The van der Waals surface area contributed by atoms with Gasteiger partial charge < -0.3 is 0 Å². The summed E-state index contributed by atoms with van der Waals surface area (Å²) in [7, 11) is 0. The monoisotopic (exact) mass is 320 g/mol. The van der Waals surface area contributed by atoms with Crippen molar-refractivity contribution in [2.45, 2.75) is 6.42 Å². The minimum atomic E-state index is 1.06. The quantitative estimate of drug-likeness (QED) is 0.685. The average molecular weight is 320 g/mol. The first kappa shape index (κ1) is 7.94. The molecule has 0 aromatic carbocycles. The topological polar surface area (TPSA) is 0 Å². The van der Waals surface area contributed by atoms with E-state index in [0.29, 0.717) is 0 Å². The van der Waals surface area contributed by atoms with E-state index in [1.54, 1.807) is 0 Å². The summed E-state index contributed by atoms with van der Waals surface area (Å²) in [5.41, 5.74) is 0. The van der Waals surface area contributed by atoms with E-state index < -0.39 is 0 Å². The maximum atomic E-state index is 2.21. The van der Waals surface area contributed by atoms with E-state index in [4.69, 9.17) is 0 Å². The Balaban J connectivity index is 2.98. The predicted octanol–water partition coefficient (Wildman–Crippen LogP) is 3.27. The first-order valence-corrected chi connectivity index (χ1v) is 4.41. The van der Waals surface area contributed by atoms with Crippen molar-refractivity contribution in [1.82, 2.24) is 0 Å². The molecule has 7 heavy (non-hydrogen) atoms. The summed E-state index contributed by atoms with van der Waals surface area (Å²) in [5, 5.41) is 0. The van der Waals surface area contributed by atoms with Crippen molar-refractivity contribution >= 4 is 45.2 Å². The summed E-state index contributed by atoms with van der Waals surface area (Å²) in [6.07, 6.45) is 5.28. The van der Waals surface area contributed by atoms with E-state index in [-0.39, 0.29) is 0 Å². The Hall–Kier alpha value is 0.940. The fraction of sp³-hybridized carbons (Fsp3) is 0.200. The van der Waals surface area contributed by atoms with Crippen LogP contribution in [0.2, 0.25) is 0 Å². The number of hydrogen-bond acceptors (Lipinski definition) is 0. The normalized spacial score (nSPS) is 11.7. The van der Waals surface area contributed by atoms with Gasteiger partial charge in [0.1, 0.15) is 0 Å². The van der Waals surface area contributed by atoms with Crippen molar-refractivity contribution in [2.75, 3.05) is 0 Å². The summed E-state index contributed by atoms with van der Waals surface area (Å²) in [6.45, 7) is 0. The fourth-order valence-corrected chi connectivity index (χ4v) is 0.769. The summed E-state index contributed by atoms with van der Waals surface area (Å²) in [5.74, 6) is 0. The number of allylic oxidation sites excluding steroid dienone is 2. The molecule has 0 saturated heterocycles. The Morgan fingerprint density at radius 3 is 1.71 bits per heavy atom. The minimum absolute atomic E-state index is 1.06. The lowest BCUT2D eigenvalue weighted by molar-refractivity contribution is 1.42. The summed E-state index contributed by atoms with van der Waals surface area (Å²) >= 11 is 4.42. The molecular weight excluding hydrogens is 314 g/mol. The Morgan fingerprint density at radius 2 is 1.43 bits per heavy atom. The molecule has 0 aliphatic rings. The third-order valence-electron chi connectivity index (χ3n) is 0.450. The zero-order valence-corrected chi connectivity index (χ0v) is 8.09. The van der Waals surface area contributed by atoms with Crippen LogP contribution in [0.4, 0.5) is 0 Å². The van der Waals surface area contributed by atoms with Crippen LogP contribution in [-0.2, 0) is 0 Å². The van der Waals surface area contributed by atoms with Gasteiger partial charge in [0.05, 0.1) is 0 Å². The van der Waals surface area contributed by atoms with Crippen molar-refractivity contribution in [2.24, 2.45) is 0 Å². The molecule has 0 fully saturated rings. The highest BCUT2D eigenvalue weighted by Gasteiger charge is 1.63. The number of rotatable bonds is 2. The molecule has 0 radical (unpaired) electrons. The van der Waals surface area contributed by atoms with Crippen LogP contribution in [0.25, 0.3) is 0 Å². The first-order valence-electron chi connectivity index (χ1n) is 1.92. The lowest BCUT2D eigenvalue weighted by atomic mass is 10.4. The Bertz CT molecular complexity index is 64.1. The van der Waals surface area contributed by atoms with Crippen molar-refractivity contribution < 1.29 is 0 Å². The van der Waals surface area contributed by atoms with Gasteiger partial charge in [0, 0.05) is 0 Å². The summed E-state index contributed by atoms with van der Waals surface area (Å²) in [6, 6.07) is 0. The Kier molecular flexibility index (Phi) is 7.87. The minimum Gasteiger partial charge on any atom is -0.0746 e. The van der Waals surface area contributed by atoms with Crippen molar-refractivity contribution in [1.29, 1.82) is 0 Å². The van der Waals surface area contributed by atoms with Gasteiger partial charge in [-0.3, -0.25) is 0 Å². The van der Waals surface area contributed by atoms with Crippen LogP contribution in [0, 0.1) is 0 Å².